The lowest BCUT2D eigenvalue weighted by molar-refractivity contribution is -0.118. The lowest BCUT2D eigenvalue weighted by Gasteiger charge is -2.08. The molecule has 28 heavy (non-hydrogen) atoms. The number of rotatable bonds is 6. The van der Waals surface area contributed by atoms with Crippen LogP contribution in [0.4, 0.5) is 10.1 Å². The Morgan fingerprint density at radius 3 is 2.43 bits per heavy atom. The molecule has 0 bridgehead atoms. The molecule has 0 aliphatic carbocycles. The van der Waals surface area contributed by atoms with Crippen LogP contribution in [0.5, 0.6) is 5.75 Å². The number of halogens is 1. The van der Waals surface area contributed by atoms with Gasteiger partial charge in [-0.15, -0.1) is 15.0 Å². The smallest absolute Gasteiger partial charge is 0.294 e. The molecule has 0 unspecified atom stereocenters. The zero-order valence-corrected chi connectivity index (χ0v) is 15.2. The van der Waals surface area contributed by atoms with Crippen molar-refractivity contribution >= 4 is 17.5 Å². The van der Waals surface area contributed by atoms with E-state index < -0.39 is 0 Å². The molecule has 1 N–H and O–H groups in total. The molecular formula is C18H17FN6O3. The summed E-state index contributed by atoms with van der Waals surface area (Å²) in [6.07, 6.45) is 0. The van der Waals surface area contributed by atoms with E-state index in [2.05, 4.69) is 20.7 Å². The van der Waals surface area contributed by atoms with E-state index in [4.69, 9.17) is 4.74 Å². The first-order valence-corrected chi connectivity index (χ1v) is 8.23. The van der Waals surface area contributed by atoms with Gasteiger partial charge in [0.15, 0.2) is 6.61 Å². The van der Waals surface area contributed by atoms with Gasteiger partial charge < -0.3 is 15.0 Å². The van der Waals surface area contributed by atoms with Crippen molar-refractivity contribution in [1.29, 1.82) is 0 Å². The third-order valence-electron chi connectivity index (χ3n) is 3.58. The van der Waals surface area contributed by atoms with E-state index in [1.807, 2.05) is 0 Å². The van der Waals surface area contributed by atoms with E-state index in [9.17, 15) is 14.0 Å². The number of hydrogen-bond donors (Lipinski definition) is 1. The molecule has 0 saturated heterocycles. The van der Waals surface area contributed by atoms with Gasteiger partial charge >= 0.3 is 0 Å². The van der Waals surface area contributed by atoms with Gasteiger partial charge in [-0.1, -0.05) is 0 Å². The van der Waals surface area contributed by atoms with Crippen molar-refractivity contribution in [3.05, 3.63) is 60.2 Å². The number of nitrogens with one attached hydrogen (secondary N) is 1. The Morgan fingerprint density at radius 2 is 1.79 bits per heavy atom. The lowest BCUT2D eigenvalue weighted by Crippen LogP contribution is -2.23. The van der Waals surface area contributed by atoms with Crippen LogP contribution in [-0.2, 0) is 4.79 Å². The topological polar surface area (TPSA) is 102 Å². The molecular weight excluding hydrogens is 367 g/mol. The Bertz CT molecular complexity index is 970. The van der Waals surface area contributed by atoms with Gasteiger partial charge in [0, 0.05) is 19.8 Å². The summed E-state index contributed by atoms with van der Waals surface area (Å²) >= 11 is 0. The maximum Gasteiger partial charge on any atom is 0.294 e. The fourth-order valence-corrected chi connectivity index (χ4v) is 2.16. The second-order valence-corrected chi connectivity index (χ2v) is 5.94. The molecule has 0 atom stereocenters. The highest BCUT2D eigenvalue weighted by molar-refractivity contribution is 5.92. The molecule has 3 rings (SSSR count). The first-order valence-electron chi connectivity index (χ1n) is 8.23. The van der Waals surface area contributed by atoms with Crippen molar-refractivity contribution in [2.45, 2.75) is 0 Å². The minimum atomic E-state index is -0.378. The third kappa shape index (κ3) is 4.67. The zero-order valence-electron chi connectivity index (χ0n) is 15.2. The monoisotopic (exact) mass is 384 g/mol. The van der Waals surface area contributed by atoms with E-state index in [-0.39, 0.29) is 30.1 Å². The van der Waals surface area contributed by atoms with Gasteiger partial charge in [0.25, 0.3) is 17.6 Å². The molecule has 0 radical (unpaired) electrons. The molecule has 1 aromatic heterocycles. The Balaban J connectivity index is 1.57. The van der Waals surface area contributed by atoms with Crippen LogP contribution in [0.3, 0.4) is 0 Å². The molecule has 0 spiro atoms. The predicted octanol–water partition coefficient (Wildman–Crippen LogP) is 1.52. The molecule has 0 aliphatic heterocycles. The van der Waals surface area contributed by atoms with E-state index >= 15 is 0 Å². The van der Waals surface area contributed by atoms with Crippen LogP contribution in [0.25, 0.3) is 5.69 Å². The number of carbonyl (C=O) groups excluding carboxylic acids is 2. The Kier molecular flexibility index (Phi) is 5.58. The summed E-state index contributed by atoms with van der Waals surface area (Å²) in [7, 11) is 3.20. The van der Waals surface area contributed by atoms with Crippen LogP contribution in [0.15, 0.2) is 48.5 Å². The van der Waals surface area contributed by atoms with Gasteiger partial charge in [0.1, 0.15) is 11.6 Å². The quantitative estimate of drug-likeness (QED) is 0.691. The average molecular weight is 384 g/mol. The summed E-state index contributed by atoms with van der Waals surface area (Å²) in [5.41, 5.74) is 1.12. The zero-order chi connectivity index (χ0) is 20.1. The van der Waals surface area contributed by atoms with E-state index in [1.54, 1.807) is 38.4 Å². The molecule has 3 aromatic rings. The Hall–Kier alpha value is -3.82. The standard InChI is InChI=1S/C18H17FN6O3/c1-24(2)18(27)17-21-23-25(22-17)14-7-5-13(6-8-14)20-16(26)11-28-15-9-3-12(19)4-10-15/h3-10H,11H2,1-2H3,(H,20,26). The highest BCUT2D eigenvalue weighted by Crippen LogP contribution is 2.13. The highest BCUT2D eigenvalue weighted by Gasteiger charge is 2.15. The maximum absolute atomic E-state index is 12.8. The summed E-state index contributed by atoms with van der Waals surface area (Å²) in [4.78, 5) is 26.3. The van der Waals surface area contributed by atoms with Gasteiger partial charge in [-0.2, -0.15) is 0 Å². The fraction of sp³-hybridized carbons (Fsp3) is 0.167. The molecule has 9 nitrogen and oxygen atoms in total. The van der Waals surface area contributed by atoms with Crippen LogP contribution >= 0.6 is 0 Å². The number of benzene rings is 2. The van der Waals surface area contributed by atoms with Crippen molar-refractivity contribution < 1.29 is 18.7 Å². The molecule has 1 heterocycles. The van der Waals surface area contributed by atoms with Crippen LogP contribution < -0.4 is 10.1 Å². The number of ether oxygens (including phenoxy) is 1. The first kappa shape index (κ1) is 19.0. The number of nitrogens with zero attached hydrogens (tertiary/aromatic N) is 5. The summed E-state index contributed by atoms with van der Waals surface area (Å²) < 4.78 is 18.1. The number of aromatic nitrogens is 4. The van der Waals surface area contributed by atoms with E-state index in [1.165, 1.54) is 34.0 Å². The van der Waals surface area contributed by atoms with Crippen LogP contribution in [0, 0.1) is 5.82 Å². The van der Waals surface area contributed by atoms with Crippen LogP contribution in [0.2, 0.25) is 0 Å². The molecule has 0 fully saturated rings. The Labute approximate surface area is 159 Å². The summed E-state index contributed by atoms with van der Waals surface area (Å²) in [5.74, 6) is -0.712. The van der Waals surface area contributed by atoms with Gasteiger partial charge in [0.2, 0.25) is 0 Å². The van der Waals surface area contributed by atoms with Crippen molar-refractivity contribution in [1.82, 2.24) is 25.1 Å². The highest BCUT2D eigenvalue weighted by atomic mass is 19.1. The van der Waals surface area contributed by atoms with Crippen molar-refractivity contribution in [2.75, 3.05) is 26.0 Å². The molecule has 2 amide bonds. The second kappa shape index (κ2) is 8.25. The molecule has 2 aromatic carbocycles. The van der Waals surface area contributed by atoms with Gasteiger partial charge in [-0.3, -0.25) is 9.59 Å². The summed E-state index contributed by atoms with van der Waals surface area (Å²) in [6, 6.07) is 12.0. The average Bonchev–Trinajstić information content (AvgIpc) is 3.17. The largest absolute Gasteiger partial charge is 0.484 e. The number of amides is 2. The van der Waals surface area contributed by atoms with Crippen LogP contribution in [-0.4, -0.2) is 57.6 Å². The molecule has 0 aliphatic rings. The van der Waals surface area contributed by atoms with Crippen LogP contribution in [0.1, 0.15) is 10.6 Å². The Morgan fingerprint density at radius 1 is 1.11 bits per heavy atom. The van der Waals surface area contributed by atoms with Crippen molar-refractivity contribution in [2.24, 2.45) is 0 Å². The normalized spacial score (nSPS) is 10.4. The van der Waals surface area contributed by atoms with Crippen molar-refractivity contribution in [3.8, 4) is 11.4 Å². The third-order valence-corrected chi connectivity index (χ3v) is 3.58. The minimum absolute atomic E-state index is 0.0136. The van der Waals surface area contributed by atoms with Gasteiger partial charge in [0.05, 0.1) is 5.69 Å². The molecule has 144 valence electrons. The maximum atomic E-state index is 12.8. The minimum Gasteiger partial charge on any atom is -0.484 e. The van der Waals surface area contributed by atoms with E-state index in [0.717, 1.165) is 0 Å². The number of hydrogen-bond acceptors (Lipinski definition) is 6. The fourth-order valence-electron chi connectivity index (χ4n) is 2.16. The number of anilines is 1. The van der Waals surface area contributed by atoms with Gasteiger partial charge in [-0.25, -0.2) is 4.39 Å². The molecule has 10 heteroatoms. The molecule has 0 saturated carbocycles. The summed E-state index contributed by atoms with van der Waals surface area (Å²) in [5, 5.41) is 14.3. The SMILES string of the molecule is CN(C)C(=O)c1nnn(-c2ccc(NC(=O)COc3ccc(F)cc3)cc2)n1. The predicted molar refractivity (Wildman–Crippen MR) is 97.7 cm³/mol. The summed E-state index contributed by atoms with van der Waals surface area (Å²) in [6.45, 7) is -0.214. The van der Waals surface area contributed by atoms with Gasteiger partial charge in [-0.05, 0) is 53.7 Å². The first-order chi connectivity index (χ1) is 13.4. The van der Waals surface area contributed by atoms with E-state index in [0.29, 0.717) is 17.1 Å². The number of tetrazole rings is 1. The second-order valence-electron chi connectivity index (χ2n) is 5.94. The lowest BCUT2D eigenvalue weighted by atomic mass is 10.3. The number of carbonyl (C=O) groups is 2. The van der Waals surface area contributed by atoms with Crippen molar-refractivity contribution in [3.63, 3.8) is 0 Å².